The van der Waals surface area contributed by atoms with E-state index in [0.717, 1.165) is 0 Å². The second-order valence-corrected chi connectivity index (χ2v) is 4.48. The monoisotopic (exact) mass is 236 g/mol. The first kappa shape index (κ1) is 12.8. The lowest BCUT2D eigenvalue weighted by molar-refractivity contribution is -0.130. The Morgan fingerprint density at radius 3 is 3.06 bits per heavy atom. The maximum absolute atomic E-state index is 11.8. The molecule has 3 nitrogen and oxygen atoms in total. The van der Waals surface area contributed by atoms with Crippen LogP contribution in [0.3, 0.4) is 0 Å². The summed E-state index contributed by atoms with van der Waals surface area (Å²) in [5, 5.41) is 4.91. The molecule has 1 aromatic rings. The highest BCUT2D eigenvalue weighted by Crippen LogP contribution is 2.22. The quantitative estimate of drug-likeness (QED) is 0.620. The summed E-state index contributed by atoms with van der Waals surface area (Å²) in [6.45, 7) is 2.73. The second-order valence-electron chi connectivity index (χ2n) is 3.50. The summed E-state index contributed by atoms with van der Waals surface area (Å²) in [5.74, 6) is 2.49. The summed E-state index contributed by atoms with van der Waals surface area (Å²) in [6, 6.07) is 4.14. The Morgan fingerprint density at radius 1 is 1.75 bits per heavy atom. The molecule has 1 rings (SSSR count). The molecule has 0 aliphatic heterocycles. The van der Waals surface area contributed by atoms with Crippen LogP contribution >= 0.6 is 11.3 Å². The number of carbonyl (C=O) groups excluding carboxylic acids is 1. The Balaban J connectivity index is 2.48. The van der Waals surface area contributed by atoms with E-state index >= 15 is 0 Å². The van der Waals surface area contributed by atoms with Crippen LogP contribution < -0.4 is 5.32 Å². The number of carbonyl (C=O) groups is 1. The van der Waals surface area contributed by atoms with Crippen molar-refractivity contribution < 1.29 is 4.79 Å². The van der Waals surface area contributed by atoms with Crippen LogP contribution in [-0.2, 0) is 4.79 Å². The van der Waals surface area contributed by atoms with E-state index in [0.29, 0.717) is 6.54 Å². The Kier molecular flexibility index (Phi) is 5.03. The Labute approximate surface area is 100 Å². The fraction of sp³-hybridized carbons (Fsp3) is 0.417. The highest BCUT2D eigenvalue weighted by atomic mass is 32.1. The van der Waals surface area contributed by atoms with Crippen LogP contribution in [0.5, 0.6) is 0 Å². The maximum Gasteiger partial charge on any atom is 0.236 e. The summed E-state index contributed by atoms with van der Waals surface area (Å²) in [6.07, 6.45) is 5.09. The zero-order valence-corrected chi connectivity index (χ0v) is 10.4. The van der Waals surface area contributed by atoms with E-state index in [2.05, 4.69) is 11.2 Å². The summed E-state index contributed by atoms with van der Waals surface area (Å²) in [7, 11) is 1.81. The lowest BCUT2D eigenvalue weighted by Crippen LogP contribution is -2.37. The van der Waals surface area contributed by atoms with Gasteiger partial charge < -0.3 is 4.90 Å². The first-order chi connectivity index (χ1) is 7.66. The van der Waals surface area contributed by atoms with Crippen molar-refractivity contribution in [2.45, 2.75) is 13.0 Å². The van der Waals surface area contributed by atoms with Crippen LogP contribution in [0.2, 0.25) is 0 Å². The zero-order valence-electron chi connectivity index (χ0n) is 9.56. The van der Waals surface area contributed by atoms with Crippen LogP contribution in [-0.4, -0.2) is 30.9 Å². The van der Waals surface area contributed by atoms with Crippen molar-refractivity contribution in [3.63, 3.8) is 0 Å². The molecule has 0 aliphatic rings. The summed E-state index contributed by atoms with van der Waals surface area (Å²) in [4.78, 5) is 14.7. The molecule has 1 heterocycles. The van der Waals surface area contributed by atoms with Gasteiger partial charge in [-0.25, -0.2) is 0 Å². The molecule has 1 amide bonds. The standard InChI is InChI=1S/C12H16N2OS/c1-4-7-13-9-12(15)14(3)10(2)11-6-5-8-16-11/h1,5-6,8,10,13H,7,9H2,2-3H3. The van der Waals surface area contributed by atoms with Gasteiger partial charge in [-0.05, 0) is 18.4 Å². The molecule has 0 saturated carbocycles. The molecule has 16 heavy (non-hydrogen) atoms. The largest absolute Gasteiger partial charge is 0.337 e. The average Bonchev–Trinajstić information content (AvgIpc) is 2.80. The van der Waals surface area contributed by atoms with Gasteiger partial charge in [0.25, 0.3) is 0 Å². The van der Waals surface area contributed by atoms with Gasteiger partial charge in [0.2, 0.25) is 5.91 Å². The molecule has 4 heteroatoms. The predicted octanol–water partition coefficient (Wildman–Crippen LogP) is 1.49. The fourth-order valence-corrected chi connectivity index (χ4v) is 2.13. The molecular weight excluding hydrogens is 220 g/mol. The van der Waals surface area contributed by atoms with Crippen molar-refractivity contribution in [2.24, 2.45) is 0 Å². The molecular formula is C12H16N2OS. The van der Waals surface area contributed by atoms with Gasteiger partial charge in [-0.3, -0.25) is 10.1 Å². The van der Waals surface area contributed by atoms with Gasteiger partial charge in [-0.15, -0.1) is 17.8 Å². The zero-order chi connectivity index (χ0) is 12.0. The smallest absolute Gasteiger partial charge is 0.236 e. The van der Waals surface area contributed by atoms with Gasteiger partial charge in [0.1, 0.15) is 0 Å². The first-order valence-corrected chi connectivity index (χ1v) is 5.98. The molecule has 0 aromatic carbocycles. The molecule has 0 bridgehead atoms. The van der Waals surface area contributed by atoms with E-state index in [1.54, 1.807) is 16.2 Å². The number of amides is 1. The number of thiophene rings is 1. The highest BCUT2D eigenvalue weighted by molar-refractivity contribution is 7.10. The van der Waals surface area contributed by atoms with Gasteiger partial charge in [-0.1, -0.05) is 12.0 Å². The van der Waals surface area contributed by atoms with Gasteiger partial charge in [0.05, 0.1) is 19.1 Å². The number of nitrogens with zero attached hydrogens (tertiary/aromatic N) is 1. The second kappa shape index (κ2) is 6.31. The molecule has 0 aliphatic carbocycles. The summed E-state index contributed by atoms with van der Waals surface area (Å²) < 4.78 is 0. The highest BCUT2D eigenvalue weighted by Gasteiger charge is 2.17. The molecule has 1 unspecified atom stereocenters. The molecule has 0 spiro atoms. The van der Waals surface area contributed by atoms with E-state index in [1.165, 1.54) is 4.88 Å². The molecule has 86 valence electrons. The fourth-order valence-electron chi connectivity index (χ4n) is 1.30. The molecule has 0 fully saturated rings. The maximum atomic E-state index is 11.8. The van der Waals surface area contributed by atoms with E-state index in [-0.39, 0.29) is 18.5 Å². The van der Waals surface area contributed by atoms with Crippen molar-refractivity contribution in [2.75, 3.05) is 20.1 Å². The molecule has 1 aromatic heterocycles. The van der Waals surface area contributed by atoms with E-state index in [9.17, 15) is 4.79 Å². The lowest BCUT2D eigenvalue weighted by atomic mass is 10.2. The van der Waals surface area contributed by atoms with Gasteiger partial charge >= 0.3 is 0 Å². The van der Waals surface area contributed by atoms with Crippen LogP contribution in [0.4, 0.5) is 0 Å². The normalized spacial score (nSPS) is 11.8. The van der Waals surface area contributed by atoms with Crippen LogP contribution in [0.15, 0.2) is 17.5 Å². The third-order valence-electron chi connectivity index (χ3n) is 2.43. The van der Waals surface area contributed by atoms with Crippen molar-refractivity contribution in [1.82, 2.24) is 10.2 Å². The van der Waals surface area contributed by atoms with Gasteiger partial charge in [0, 0.05) is 11.9 Å². The number of terminal acetylenes is 1. The molecule has 0 saturated heterocycles. The van der Waals surface area contributed by atoms with E-state index in [4.69, 9.17) is 6.42 Å². The number of likely N-dealkylation sites (N-methyl/N-ethyl adjacent to an activating group) is 1. The number of hydrogen-bond donors (Lipinski definition) is 1. The van der Waals surface area contributed by atoms with Gasteiger partial charge in [0.15, 0.2) is 0 Å². The summed E-state index contributed by atoms with van der Waals surface area (Å²) in [5.41, 5.74) is 0. The van der Waals surface area contributed by atoms with Crippen molar-refractivity contribution in [3.8, 4) is 12.3 Å². The van der Waals surface area contributed by atoms with Gasteiger partial charge in [-0.2, -0.15) is 0 Å². The summed E-state index contributed by atoms with van der Waals surface area (Å²) >= 11 is 1.66. The number of nitrogens with one attached hydrogen (secondary N) is 1. The molecule has 1 atom stereocenters. The van der Waals surface area contributed by atoms with Crippen molar-refractivity contribution >= 4 is 17.2 Å². The Morgan fingerprint density at radius 2 is 2.50 bits per heavy atom. The minimum atomic E-state index is 0.0520. The minimum Gasteiger partial charge on any atom is -0.337 e. The number of hydrogen-bond acceptors (Lipinski definition) is 3. The van der Waals surface area contributed by atoms with Crippen molar-refractivity contribution in [1.29, 1.82) is 0 Å². The van der Waals surface area contributed by atoms with E-state index < -0.39 is 0 Å². The van der Waals surface area contributed by atoms with Crippen LogP contribution in [0, 0.1) is 12.3 Å². The predicted molar refractivity (Wildman–Crippen MR) is 67.2 cm³/mol. The van der Waals surface area contributed by atoms with E-state index in [1.807, 2.05) is 31.5 Å². The first-order valence-electron chi connectivity index (χ1n) is 5.10. The Hall–Kier alpha value is -1.31. The number of rotatable bonds is 5. The Bertz CT molecular complexity index is 367. The molecule has 0 radical (unpaired) electrons. The topological polar surface area (TPSA) is 32.3 Å². The third kappa shape index (κ3) is 3.37. The van der Waals surface area contributed by atoms with Crippen LogP contribution in [0.1, 0.15) is 17.8 Å². The average molecular weight is 236 g/mol. The SMILES string of the molecule is C#CCNCC(=O)N(C)C(C)c1cccs1. The molecule has 1 N–H and O–H groups in total. The minimum absolute atomic E-state index is 0.0520. The third-order valence-corrected chi connectivity index (χ3v) is 3.48. The van der Waals surface area contributed by atoms with Crippen molar-refractivity contribution in [3.05, 3.63) is 22.4 Å². The van der Waals surface area contributed by atoms with Crippen LogP contribution in [0.25, 0.3) is 0 Å². The lowest BCUT2D eigenvalue weighted by Gasteiger charge is -2.24.